The molecule has 1 amide bonds. The van der Waals surface area contributed by atoms with Crippen molar-refractivity contribution in [1.29, 1.82) is 0 Å². The molecule has 0 fully saturated rings. The molecule has 0 saturated carbocycles. The van der Waals surface area contributed by atoms with Crippen molar-refractivity contribution in [2.45, 2.75) is 20.4 Å². The number of carbonyl (C=O) groups excluding carboxylic acids is 1. The monoisotopic (exact) mass is 348 g/mol. The Kier molecular flexibility index (Phi) is 4.39. The molecule has 1 N–H and O–H groups in total. The molecule has 3 rings (SSSR count). The van der Waals surface area contributed by atoms with Crippen LogP contribution in [0.3, 0.4) is 0 Å². The fourth-order valence-corrected chi connectivity index (χ4v) is 3.22. The minimum Gasteiger partial charge on any atom is -0.298 e. The first-order valence-electron chi connectivity index (χ1n) is 7.12. The van der Waals surface area contributed by atoms with Gasteiger partial charge in [-0.1, -0.05) is 29.0 Å². The summed E-state index contributed by atoms with van der Waals surface area (Å²) in [6, 6.07) is 7.15. The molecule has 8 heteroatoms. The van der Waals surface area contributed by atoms with Crippen LogP contribution in [-0.2, 0) is 0 Å². The predicted molar refractivity (Wildman–Crippen MR) is 88.5 cm³/mol. The van der Waals surface area contributed by atoms with Gasteiger partial charge in [0, 0.05) is 18.0 Å². The van der Waals surface area contributed by atoms with Crippen LogP contribution >= 0.6 is 11.3 Å². The molecule has 0 aliphatic rings. The first kappa shape index (κ1) is 16.3. The average molecular weight is 348 g/mol. The van der Waals surface area contributed by atoms with Gasteiger partial charge in [0.25, 0.3) is 5.91 Å². The molecule has 124 valence electrons. The largest absolute Gasteiger partial charge is 0.320 e. The summed E-state index contributed by atoms with van der Waals surface area (Å²) in [4.78, 5) is 21.0. The fourth-order valence-electron chi connectivity index (χ4n) is 2.26. The number of benzene rings is 1. The summed E-state index contributed by atoms with van der Waals surface area (Å²) in [5.74, 6) is -0.160. The van der Waals surface area contributed by atoms with E-state index in [0.717, 1.165) is 21.5 Å². The maximum Gasteiger partial charge on any atom is 0.320 e. The van der Waals surface area contributed by atoms with Crippen molar-refractivity contribution in [1.82, 2.24) is 14.5 Å². The Hall–Kier alpha value is -2.61. The van der Waals surface area contributed by atoms with Gasteiger partial charge in [0.05, 0.1) is 10.6 Å². The number of hydrogen-bond donors (Lipinski definition) is 1. The molecule has 0 aliphatic carbocycles. The van der Waals surface area contributed by atoms with Crippen molar-refractivity contribution in [3.63, 3.8) is 0 Å². The molecule has 2 aromatic heterocycles. The van der Waals surface area contributed by atoms with E-state index in [1.54, 1.807) is 25.1 Å². The fraction of sp³-hybridized carbons (Fsp3) is 0.188. The van der Waals surface area contributed by atoms with Crippen LogP contribution in [0.5, 0.6) is 0 Å². The number of amides is 1. The first-order chi connectivity index (χ1) is 11.5. The second-order valence-corrected chi connectivity index (χ2v) is 6.19. The summed E-state index contributed by atoms with van der Waals surface area (Å²) in [5.41, 5.74) is 2.02. The highest BCUT2D eigenvalue weighted by atomic mass is 32.1. The lowest BCUT2D eigenvalue weighted by atomic mass is 10.1. The zero-order valence-corrected chi connectivity index (χ0v) is 13.8. The van der Waals surface area contributed by atoms with Crippen molar-refractivity contribution in [2.24, 2.45) is 0 Å². The second kappa shape index (κ2) is 6.48. The van der Waals surface area contributed by atoms with Crippen molar-refractivity contribution in [3.05, 3.63) is 53.5 Å². The number of rotatable bonds is 4. The lowest BCUT2D eigenvalue weighted by molar-refractivity contribution is 0.0720. The topological polar surface area (TPSA) is 59.8 Å². The van der Waals surface area contributed by atoms with Gasteiger partial charge in [-0.3, -0.25) is 14.7 Å². The number of halogens is 2. The first-order valence-corrected chi connectivity index (χ1v) is 7.94. The van der Waals surface area contributed by atoms with Gasteiger partial charge in [0.2, 0.25) is 0 Å². The Labute approximate surface area is 141 Å². The summed E-state index contributed by atoms with van der Waals surface area (Å²) in [6.07, 6.45) is 2.52. The summed E-state index contributed by atoms with van der Waals surface area (Å²) in [5, 5.41) is 3.05. The zero-order chi connectivity index (χ0) is 17.3. The average Bonchev–Trinajstić information content (AvgIpc) is 3.13. The third-order valence-electron chi connectivity index (χ3n) is 3.38. The Bertz CT molecular complexity index is 888. The van der Waals surface area contributed by atoms with Crippen LogP contribution in [-0.4, -0.2) is 20.4 Å². The van der Waals surface area contributed by atoms with Crippen LogP contribution in [0.15, 0.2) is 36.7 Å². The van der Waals surface area contributed by atoms with Gasteiger partial charge in [-0.2, -0.15) is 8.78 Å². The molecular formula is C16H14F2N4OS. The molecule has 5 nitrogen and oxygen atoms in total. The van der Waals surface area contributed by atoms with Crippen molar-refractivity contribution in [3.8, 4) is 10.7 Å². The van der Waals surface area contributed by atoms with Gasteiger partial charge in [0.15, 0.2) is 11.0 Å². The number of nitrogens with one attached hydrogen (secondary N) is 1. The number of nitrogens with zero attached hydrogens (tertiary/aromatic N) is 3. The van der Waals surface area contributed by atoms with Crippen molar-refractivity contribution < 1.29 is 13.6 Å². The second-order valence-electron chi connectivity index (χ2n) is 5.19. The van der Waals surface area contributed by atoms with Crippen molar-refractivity contribution in [2.75, 3.05) is 5.32 Å². The van der Waals surface area contributed by atoms with Gasteiger partial charge in [0.1, 0.15) is 0 Å². The number of alkyl halides is 2. The van der Waals surface area contributed by atoms with Crippen LogP contribution < -0.4 is 5.32 Å². The van der Waals surface area contributed by atoms with Crippen LogP contribution in [0.1, 0.15) is 28.2 Å². The van der Waals surface area contributed by atoms with E-state index >= 15 is 0 Å². The molecule has 0 bridgehead atoms. The minimum absolute atomic E-state index is 0.135. The third-order valence-corrected chi connectivity index (χ3v) is 4.45. The normalized spacial score (nSPS) is 11.0. The Morgan fingerprint density at radius 2 is 2.12 bits per heavy atom. The number of carbonyl (C=O) groups is 1. The van der Waals surface area contributed by atoms with Crippen LogP contribution in [0.4, 0.5) is 13.9 Å². The van der Waals surface area contributed by atoms with Gasteiger partial charge in [-0.15, -0.1) is 0 Å². The highest BCUT2D eigenvalue weighted by Crippen LogP contribution is 2.33. The molecular weight excluding hydrogens is 334 g/mol. The number of thiazole rings is 1. The summed E-state index contributed by atoms with van der Waals surface area (Å²) in [7, 11) is 0. The number of imidazole rings is 1. The Morgan fingerprint density at radius 3 is 2.83 bits per heavy atom. The van der Waals surface area contributed by atoms with E-state index in [4.69, 9.17) is 0 Å². The van der Waals surface area contributed by atoms with Gasteiger partial charge in [-0.25, -0.2) is 9.97 Å². The van der Waals surface area contributed by atoms with E-state index < -0.39 is 6.55 Å². The molecule has 0 saturated heterocycles. The molecule has 3 aromatic rings. The molecule has 0 unspecified atom stereocenters. The summed E-state index contributed by atoms with van der Waals surface area (Å²) < 4.78 is 26.8. The van der Waals surface area contributed by atoms with Crippen LogP contribution in [0, 0.1) is 13.8 Å². The summed E-state index contributed by atoms with van der Waals surface area (Å²) in [6.45, 7) is 0.903. The molecule has 1 aromatic carbocycles. The lowest BCUT2D eigenvalue weighted by Crippen LogP contribution is -2.11. The number of aryl methyl sites for hydroxylation is 2. The van der Waals surface area contributed by atoms with Crippen LogP contribution in [0.2, 0.25) is 0 Å². The Morgan fingerprint density at radius 1 is 1.33 bits per heavy atom. The lowest BCUT2D eigenvalue weighted by Gasteiger charge is -2.04. The maximum atomic E-state index is 13.0. The highest BCUT2D eigenvalue weighted by molar-refractivity contribution is 7.19. The van der Waals surface area contributed by atoms with E-state index in [1.165, 1.54) is 12.4 Å². The zero-order valence-electron chi connectivity index (χ0n) is 13.0. The standard InChI is InChI=1S/C16H14F2N4OS/c1-9-4-3-5-11(8-9)14(23)21-16-20-10(2)12(24-16)13-19-6-7-22(13)15(17)18/h3-8,15H,1-2H3,(H,20,21,23). The van der Waals surface area contributed by atoms with Gasteiger partial charge < -0.3 is 0 Å². The third kappa shape index (κ3) is 3.18. The molecule has 24 heavy (non-hydrogen) atoms. The number of hydrogen-bond acceptors (Lipinski definition) is 4. The van der Waals surface area contributed by atoms with E-state index in [-0.39, 0.29) is 11.7 Å². The number of anilines is 1. The van der Waals surface area contributed by atoms with E-state index in [9.17, 15) is 13.6 Å². The van der Waals surface area contributed by atoms with Gasteiger partial charge >= 0.3 is 6.55 Å². The van der Waals surface area contributed by atoms with E-state index in [0.29, 0.717) is 21.3 Å². The molecule has 2 heterocycles. The smallest absolute Gasteiger partial charge is 0.298 e. The predicted octanol–water partition coefficient (Wildman–Crippen LogP) is 4.27. The van der Waals surface area contributed by atoms with Crippen LogP contribution in [0.25, 0.3) is 10.7 Å². The highest BCUT2D eigenvalue weighted by Gasteiger charge is 2.19. The molecule has 0 radical (unpaired) electrons. The van der Waals surface area contributed by atoms with Gasteiger partial charge in [-0.05, 0) is 26.0 Å². The molecule has 0 atom stereocenters. The SMILES string of the molecule is Cc1cccc(C(=O)Nc2nc(C)c(-c3nccn3C(F)F)s2)c1. The Balaban J connectivity index is 1.87. The van der Waals surface area contributed by atoms with Crippen molar-refractivity contribution >= 4 is 22.4 Å². The number of aromatic nitrogens is 3. The van der Waals surface area contributed by atoms with E-state index in [2.05, 4.69) is 15.3 Å². The van der Waals surface area contributed by atoms with E-state index in [1.807, 2.05) is 13.0 Å². The maximum absolute atomic E-state index is 13.0. The summed E-state index contributed by atoms with van der Waals surface area (Å²) >= 11 is 1.12. The quantitative estimate of drug-likeness (QED) is 0.766. The molecule has 0 aliphatic heterocycles. The molecule has 0 spiro atoms. The minimum atomic E-state index is -2.69.